The van der Waals surface area contributed by atoms with Crippen LogP contribution in [0.15, 0.2) is 30.3 Å². The van der Waals surface area contributed by atoms with Crippen LogP contribution in [0.5, 0.6) is 0 Å². The first kappa shape index (κ1) is 16.4. The standard InChI is InChI=1S/C18H21N3O3/c1-12-16(13(2)21(19-12)14-7-4-3-5-8-14)17(23)18(24)20-10-6-9-15(22)11-20/h3-5,7-8,15,22H,6,9-11H2,1-2H3/t15-/m0/s1. The number of aliphatic hydroxyl groups excluding tert-OH is 1. The first-order valence-electron chi connectivity index (χ1n) is 8.12. The molecule has 1 amide bonds. The van der Waals surface area contributed by atoms with Crippen molar-refractivity contribution in [1.82, 2.24) is 14.7 Å². The van der Waals surface area contributed by atoms with Crippen molar-refractivity contribution in [1.29, 1.82) is 0 Å². The van der Waals surface area contributed by atoms with Gasteiger partial charge in [-0.05, 0) is 38.8 Å². The Morgan fingerprint density at radius 2 is 1.92 bits per heavy atom. The lowest BCUT2D eigenvalue weighted by atomic mass is 10.0. The highest BCUT2D eigenvalue weighted by Gasteiger charge is 2.31. The SMILES string of the molecule is Cc1nn(-c2ccccc2)c(C)c1C(=O)C(=O)N1CCC[C@H](O)C1. The van der Waals surface area contributed by atoms with Crippen LogP contribution in [0.1, 0.15) is 34.6 Å². The van der Waals surface area contributed by atoms with E-state index in [-0.39, 0.29) is 6.54 Å². The van der Waals surface area contributed by atoms with Crippen LogP contribution >= 0.6 is 0 Å². The molecule has 0 saturated carbocycles. The van der Waals surface area contributed by atoms with Crippen LogP contribution in [0.4, 0.5) is 0 Å². The Balaban J connectivity index is 1.90. The number of Topliss-reactive ketones (excluding diaryl/α,β-unsaturated/α-hetero) is 1. The van der Waals surface area contributed by atoms with E-state index in [1.807, 2.05) is 30.3 Å². The summed E-state index contributed by atoms with van der Waals surface area (Å²) in [4.78, 5) is 26.7. The molecule has 126 valence electrons. The van der Waals surface area contributed by atoms with Gasteiger partial charge in [0.2, 0.25) is 0 Å². The number of amides is 1. The third-order valence-electron chi connectivity index (χ3n) is 4.40. The van der Waals surface area contributed by atoms with Gasteiger partial charge < -0.3 is 10.0 Å². The van der Waals surface area contributed by atoms with Crippen molar-refractivity contribution in [3.63, 3.8) is 0 Å². The number of aromatic nitrogens is 2. The maximum Gasteiger partial charge on any atom is 0.295 e. The van der Waals surface area contributed by atoms with Crippen molar-refractivity contribution in [3.05, 3.63) is 47.3 Å². The van der Waals surface area contributed by atoms with E-state index >= 15 is 0 Å². The molecule has 6 heteroatoms. The molecule has 0 aliphatic carbocycles. The first-order chi connectivity index (χ1) is 11.5. The van der Waals surface area contributed by atoms with E-state index in [0.29, 0.717) is 36.3 Å². The van der Waals surface area contributed by atoms with Crippen LogP contribution in [-0.2, 0) is 4.79 Å². The molecule has 1 saturated heterocycles. The van der Waals surface area contributed by atoms with Gasteiger partial charge in [0.15, 0.2) is 0 Å². The molecule has 3 rings (SSSR count). The lowest BCUT2D eigenvalue weighted by Gasteiger charge is -2.29. The van der Waals surface area contributed by atoms with Gasteiger partial charge in [0, 0.05) is 13.1 Å². The second kappa shape index (κ2) is 6.57. The predicted octanol–water partition coefficient (Wildman–Crippen LogP) is 1.66. The summed E-state index contributed by atoms with van der Waals surface area (Å²) >= 11 is 0. The largest absolute Gasteiger partial charge is 0.391 e. The Kier molecular flexibility index (Phi) is 4.49. The minimum absolute atomic E-state index is 0.218. The molecule has 1 fully saturated rings. The van der Waals surface area contributed by atoms with E-state index in [1.54, 1.807) is 18.5 Å². The zero-order chi connectivity index (χ0) is 17.3. The monoisotopic (exact) mass is 327 g/mol. The number of aliphatic hydroxyl groups is 1. The number of likely N-dealkylation sites (tertiary alicyclic amines) is 1. The van der Waals surface area contributed by atoms with Crippen molar-refractivity contribution >= 4 is 11.7 Å². The second-order valence-corrected chi connectivity index (χ2v) is 6.17. The van der Waals surface area contributed by atoms with Crippen LogP contribution in [-0.4, -0.2) is 50.7 Å². The fraction of sp³-hybridized carbons (Fsp3) is 0.389. The molecule has 2 heterocycles. The van der Waals surface area contributed by atoms with Gasteiger partial charge in [0.1, 0.15) is 0 Å². The van der Waals surface area contributed by atoms with Gasteiger partial charge in [0.05, 0.1) is 28.7 Å². The van der Waals surface area contributed by atoms with Gasteiger partial charge >= 0.3 is 0 Å². The summed E-state index contributed by atoms with van der Waals surface area (Å²) in [6, 6.07) is 9.50. The molecule has 0 spiro atoms. The smallest absolute Gasteiger partial charge is 0.295 e. The minimum Gasteiger partial charge on any atom is -0.391 e. The summed E-state index contributed by atoms with van der Waals surface area (Å²) in [6.07, 6.45) is 0.827. The highest BCUT2D eigenvalue weighted by atomic mass is 16.3. The van der Waals surface area contributed by atoms with Crippen LogP contribution in [0.3, 0.4) is 0 Å². The lowest BCUT2D eigenvalue weighted by molar-refractivity contribution is -0.129. The Morgan fingerprint density at radius 3 is 2.58 bits per heavy atom. The molecule has 1 aromatic heterocycles. The van der Waals surface area contributed by atoms with Crippen molar-refractivity contribution in [2.24, 2.45) is 0 Å². The summed E-state index contributed by atoms with van der Waals surface area (Å²) in [7, 11) is 0. The molecule has 0 bridgehead atoms. The molecule has 1 aliphatic heterocycles. The Hall–Kier alpha value is -2.47. The molecular weight excluding hydrogens is 306 g/mol. The van der Waals surface area contributed by atoms with Crippen LogP contribution < -0.4 is 0 Å². The zero-order valence-corrected chi connectivity index (χ0v) is 13.9. The molecule has 0 unspecified atom stereocenters. The van der Waals surface area contributed by atoms with Crippen molar-refractivity contribution < 1.29 is 14.7 Å². The first-order valence-corrected chi connectivity index (χ1v) is 8.12. The number of benzene rings is 1. The number of piperidine rings is 1. The van der Waals surface area contributed by atoms with Gasteiger partial charge in [-0.25, -0.2) is 4.68 Å². The summed E-state index contributed by atoms with van der Waals surface area (Å²) in [5.41, 5.74) is 2.38. The molecule has 1 atom stereocenters. The number of carbonyl (C=O) groups is 2. The average molecular weight is 327 g/mol. The molecule has 0 radical (unpaired) electrons. The molecule has 6 nitrogen and oxygen atoms in total. The molecular formula is C18H21N3O3. The number of carbonyl (C=O) groups excluding carboxylic acids is 2. The number of hydrogen-bond acceptors (Lipinski definition) is 4. The van der Waals surface area contributed by atoms with E-state index in [1.165, 1.54) is 4.90 Å². The average Bonchev–Trinajstić information content (AvgIpc) is 2.89. The fourth-order valence-electron chi connectivity index (χ4n) is 3.18. The number of aryl methyl sites for hydroxylation is 1. The number of β-amino-alcohol motifs (C(OH)–C–C–N with tert-alkyl or cyclic N) is 1. The summed E-state index contributed by atoms with van der Waals surface area (Å²) in [6.45, 7) is 4.25. The van der Waals surface area contributed by atoms with E-state index in [9.17, 15) is 14.7 Å². The molecule has 1 aromatic carbocycles. The predicted molar refractivity (Wildman–Crippen MR) is 89.2 cm³/mol. The number of ketones is 1. The molecule has 1 aliphatic rings. The highest BCUT2D eigenvalue weighted by molar-refractivity contribution is 6.43. The molecule has 2 aromatic rings. The Morgan fingerprint density at radius 1 is 1.21 bits per heavy atom. The fourth-order valence-corrected chi connectivity index (χ4v) is 3.18. The Bertz CT molecular complexity index is 767. The van der Waals surface area contributed by atoms with Crippen molar-refractivity contribution in [3.8, 4) is 5.69 Å². The highest BCUT2D eigenvalue weighted by Crippen LogP contribution is 2.20. The van der Waals surface area contributed by atoms with E-state index < -0.39 is 17.8 Å². The van der Waals surface area contributed by atoms with Crippen LogP contribution in [0, 0.1) is 13.8 Å². The van der Waals surface area contributed by atoms with Gasteiger partial charge in [-0.15, -0.1) is 0 Å². The summed E-state index contributed by atoms with van der Waals surface area (Å²) in [5.74, 6) is -1.12. The third-order valence-corrected chi connectivity index (χ3v) is 4.40. The van der Waals surface area contributed by atoms with E-state index in [0.717, 1.165) is 5.69 Å². The van der Waals surface area contributed by atoms with E-state index in [4.69, 9.17) is 0 Å². The van der Waals surface area contributed by atoms with Gasteiger partial charge in [-0.1, -0.05) is 18.2 Å². The van der Waals surface area contributed by atoms with Gasteiger partial charge in [-0.2, -0.15) is 5.10 Å². The molecule has 1 N–H and O–H groups in total. The third kappa shape index (κ3) is 2.97. The zero-order valence-electron chi connectivity index (χ0n) is 13.9. The normalized spacial score (nSPS) is 17.8. The lowest BCUT2D eigenvalue weighted by Crippen LogP contribution is -2.45. The number of nitrogens with zero attached hydrogens (tertiary/aromatic N) is 3. The van der Waals surface area contributed by atoms with Gasteiger partial charge in [-0.3, -0.25) is 9.59 Å². The number of rotatable bonds is 3. The Labute approximate surface area is 140 Å². The number of hydrogen-bond donors (Lipinski definition) is 1. The maximum absolute atomic E-state index is 12.7. The van der Waals surface area contributed by atoms with E-state index in [2.05, 4.69) is 5.10 Å². The minimum atomic E-state index is -0.562. The quantitative estimate of drug-likeness (QED) is 0.687. The maximum atomic E-state index is 12.7. The number of para-hydroxylation sites is 1. The summed E-state index contributed by atoms with van der Waals surface area (Å²) in [5, 5.41) is 14.1. The van der Waals surface area contributed by atoms with Gasteiger partial charge in [0.25, 0.3) is 11.7 Å². The van der Waals surface area contributed by atoms with Crippen LogP contribution in [0.2, 0.25) is 0 Å². The van der Waals surface area contributed by atoms with Crippen molar-refractivity contribution in [2.45, 2.75) is 32.8 Å². The van der Waals surface area contributed by atoms with Crippen molar-refractivity contribution in [2.75, 3.05) is 13.1 Å². The van der Waals surface area contributed by atoms with Crippen LogP contribution in [0.25, 0.3) is 5.69 Å². The second-order valence-electron chi connectivity index (χ2n) is 6.17. The molecule has 24 heavy (non-hydrogen) atoms. The summed E-state index contributed by atoms with van der Waals surface area (Å²) < 4.78 is 1.68. The topological polar surface area (TPSA) is 75.4 Å².